The van der Waals surface area contributed by atoms with Crippen LogP contribution in [-0.2, 0) is 23.8 Å². The standard InChI is InChI=1S/C60H105NO10/c1-4-7-10-13-16-19-22-25-27-30-33-36-39-42-45-48-55(65)71-58-57(67)56(66)54(49-62)70-60(58)69-50-51(52(63)46-43-40-37-34-31-28-24-21-18-15-12-9-6-3)61-59(68)53(64)47-44-41-38-35-32-29-26-23-20-17-14-11-8-5-2/h7,10,13,16,19-20,22-23,25,27,43,46,51-54,56-58,60,62-64,66-67H,4-6,8-9,11-12,14-15,17-18,21,24,26,28-42,44-45,47-50H2,1-3H3,(H,61,68)/b10-7+,16-13+,22-19+,23-20-,27-25-,46-43+. The van der Waals surface area contributed by atoms with Gasteiger partial charge in [0.15, 0.2) is 12.4 Å². The lowest BCUT2D eigenvalue weighted by molar-refractivity contribution is -0.305. The molecule has 0 radical (unpaired) electrons. The number of rotatable bonds is 47. The molecule has 0 aromatic rings. The van der Waals surface area contributed by atoms with Gasteiger partial charge in [-0.05, 0) is 70.6 Å². The van der Waals surface area contributed by atoms with Crippen LogP contribution in [0.3, 0.4) is 0 Å². The van der Waals surface area contributed by atoms with Gasteiger partial charge in [0.05, 0.1) is 25.4 Å². The molecule has 1 rings (SSSR count). The highest BCUT2D eigenvalue weighted by molar-refractivity contribution is 5.80. The summed E-state index contributed by atoms with van der Waals surface area (Å²) in [6.45, 7) is 5.61. The summed E-state index contributed by atoms with van der Waals surface area (Å²) in [5, 5.41) is 56.8. The highest BCUT2D eigenvalue weighted by Gasteiger charge is 2.47. The van der Waals surface area contributed by atoms with Crippen LogP contribution in [0.15, 0.2) is 72.9 Å². The van der Waals surface area contributed by atoms with Crippen LogP contribution in [0.4, 0.5) is 0 Å². The van der Waals surface area contributed by atoms with Crippen LogP contribution in [0, 0.1) is 0 Å². The topological polar surface area (TPSA) is 175 Å². The van der Waals surface area contributed by atoms with Crippen molar-refractivity contribution in [3.63, 3.8) is 0 Å². The van der Waals surface area contributed by atoms with Gasteiger partial charge in [0.1, 0.15) is 24.4 Å². The normalized spacial score (nSPS) is 20.1. The van der Waals surface area contributed by atoms with E-state index in [2.05, 4.69) is 50.4 Å². The second-order valence-corrected chi connectivity index (χ2v) is 19.7. The summed E-state index contributed by atoms with van der Waals surface area (Å²) in [6, 6.07) is -1.03. The van der Waals surface area contributed by atoms with Crippen LogP contribution in [0.25, 0.3) is 0 Å². The first kappa shape index (κ1) is 66.1. The SMILES string of the molecule is CC/C=C/C=C/C=C/C=C\CCCCCCCC(=O)OC1C(OCC(NC(=O)C(O)CCCCCCCC/C=C\CCCCCC)C(O)/C=C/CCCCCCCCCCCCC)OC(CO)C(O)C1O. The van der Waals surface area contributed by atoms with Gasteiger partial charge in [0.2, 0.25) is 5.91 Å². The molecule has 11 heteroatoms. The Bertz CT molecular complexity index is 1430. The van der Waals surface area contributed by atoms with Crippen LogP contribution in [-0.4, -0.2) is 99.6 Å². The number of allylic oxidation sites excluding steroid dienone is 11. The number of nitrogens with one attached hydrogen (secondary N) is 1. The largest absolute Gasteiger partial charge is 0.454 e. The molecule has 410 valence electrons. The van der Waals surface area contributed by atoms with E-state index in [-0.39, 0.29) is 19.4 Å². The minimum Gasteiger partial charge on any atom is -0.454 e. The molecule has 0 saturated carbocycles. The molecule has 0 aliphatic carbocycles. The van der Waals surface area contributed by atoms with Crippen LogP contribution in [0.5, 0.6) is 0 Å². The molecule has 1 fully saturated rings. The molecule has 6 N–H and O–H groups in total. The average Bonchev–Trinajstić information content (AvgIpc) is 3.37. The average molecular weight is 1000 g/mol. The number of amides is 1. The van der Waals surface area contributed by atoms with Crippen molar-refractivity contribution in [2.45, 2.75) is 282 Å². The molecule has 0 spiro atoms. The molecule has 8 unspecified atom stereocenters. The molecule has 1 saturated heterocycles. The molecule has 0 aromatic carbocycles. The summed E-state index contributed by atoms with van der Waals surface area (Å²) in [5.74, 6) is -1.23. The van der Waals surface area contributed by atoms with Gasteiger partial charge < -0.3 is 45.1 Å². The molecule has 1 heterocycles. The smallest absolute Gasteiger partial charge is 0.306 e. The van der Waals surface area contributed by atoms with Crippen molar-refractivity contribution in [2.24, 2.45) is 0 Å². The Labute approximate surface area is 432 Å². The van der Waals surface area contributed by atoms with E-state index in [1.807, 2.05) is 42.5 Å². The van der Waals surface area contributed by atoms with Crippen molar-refractivity contribution in [3.8, 4) is 0 Å². The fourth-order valence-corrected chi connectivity index (χ4v) is 8.60. The number of hydrogen-bond acceptors (Lipinski definition) is 10. The summed E-state index contributed by atoms with van der Waals surface area (Å²) < 4.78 is 17.5. The fourth-order valence-electron chi connectivity index (χ4n) is 8.60. The van der Waals surface area contributed by atoms with Crippen molar-refractivity contribution < 1.29 is 49.3 Å². The first-order valence-corrected chi connectivity index (χ1v) is 28.8. The van der Waals surface area contributed by atoms with Crippen LogP contribution < -0.4 is 5.32 Å². The lowest BCUT2D eigenvalue weighted by Gasteiger charge is -2.41. The summed E-state index contributed by atoms with van der Waals surface area (Å²) in [4.78, 5) is 26.4. The number of ether oxygens (including phenoxy) is 3. The van der Waals surface area contributed by atoms with Crippen molar-refractivity contribution in [2.75, 3.05) is 13.2 Å². The Morgan fingerprint density at radius 1 is 0.563 bits per heavy atom. The molecule has 8 atom stereocenters. The lowest BCUT2D eigenvalue weighted by Crippen LogP contribution is -2.61. The Balaban J connectivity index is 2.76. The zero-order chi connectivity index (χ0) is 51.8. The summed E-state index contributed by atoms with van der Waals surface area (Å²) >= 11 is 0. The minimum atomic E-state index is -1.63. The van der Waals surface area contributed by atoms with Gasteiger partial charge >= 0.3 is 5.97 Å². The highest BCUT2D eigenvalue weighted by atomic mass is 16.7. The van der Waals surface area contributed by atoms with E-state index < -0.39 is 67.4 Å². The van der Waals surface area contributed by atoms with Crippen molar-refractivity contribution >= 4 is 11.9 Å². The lowest BCUT2D eigenvalue weighted by atomic mass is 9.99. The zero-order valence-corrected chi connectivity index (χ0v) is 45.1. The van der Waals surface area contributed by atoms with Gasteiger partial charge in [0, 0.05) is 6.42 Å². The molecule has 11 nitrogen and oxygen atoms in total. The first-order valence-electron chi connectivity index (χ1n) is 28.8. The maximum absolute atomic E-state index is 13.4. The molecular formula is C60H105NO10. The Morgan fingerprint density at radius 2 is 1.03 bits per heavy atom. The van der Waals surface area contributed by atoms with Crippen LogP contribution >= 0.6 is 0 Å². The number of esters is 1. The maximum atomic E-state index is 13.4. The number of aliphatic hydroxyl groups excluding tert-OH is 5. The predicted octanol–water partition coefficient (Wildman–Crippen LogP) is 12.8. The van der Waals surface area contributed by atoms with Gasteiger partial charge in [-0.3, -0.25) is 9.59 Å². The Kier molecular flexibility index (Phi) is 44.8. The Morgan fingerprint density at radius 3 is 1.58 bits per heavy atom. The molecule has 0 aromatic heterocycles. The molecule has 71 heavy (non-hydrogen) atoms. The third-order valence-electron chi connectivity index (χ3n) is 13.2. The van der Waals surface area contributed by atoms with Crippen molar-refractivity contribution in [1.82, 2.24) is 5.32 Å². The molecule has 1 aliphatic rings. The second kappa shape index (κ2) is 48.1. The van der Waals surface area contributed by atoms with E-state index in [0.717, 1.165) is 89.9 Å². The van der Waals surface area contributed by atoms with Gasteiger partial charge in [-0.1, -0.05) is 229 Å². The number of hydrogen-bond donors (Lipinski definition) is 6. The van der Waals surface area contributed by atoms with Crippen LogP contribution in [0.2, 0.25) is 0 Å². The van der Waals surface area contributed by atoms with E-state index in [0.29, 0.717) is 12.8 Å². The van der Waals surface area contributed by atoms with Gasteiger partial charge in [-0.25, -0.2) is 0 Å². The third-order valence-corrected chi connectivity index (χ3v) is 13.2. The van der Waals surface area contributed by atoms with Gasteiger partial charge in [0.25, 0.3) is 0 Å². The summed E-state index contributed by atoms with van der Waals surface area (Å²) in [7, 11) is 0. The fraction of sp³-hybridized carbons (Fsp3) is 0.767. The predicted molar refractivity (Wildman–Crippen MR) is 292 cm³/mol. The van der Waals surface area contributed by atoms with E-state index in [1.165, 1.54) is 96.3 Å². The monoisotopic (exact) mass is 1000 g/mol. The number of carbonyl (C=O) groups excluding carboxylic acids is 2. The molecule has 0 bridgehead atoms. The van der Waals surface area contributed by atoms with Crippen molar-refractivity contribution in [3.05, 3.63) is 72.9 Å². The van der Waals surface area contributed by atoms with E-state index in [9.17, 15) is 35.1 Å². The first-order chi connectivity index (χ1) is 34.7. The van der Waals surface area contributed by atoms with E-state index >= 15 is 0 Å². The van der Waals surface area contributed by atoms with Crippen LogP contribution in [0.1, 0.15) is 233 Å². The minimum absolute atomic E-state index is 0.0945. The second-order valence-electron chi connectivity index (χ2n) is 19.7. The number of aliphatic hydroxyl groups is 5. The maximum Gasteiger partial charge on any atom is 0.306 e. The quantitative estimate of drug-likeness (QED) is 0.0149. The summed E-state index contributed by atoms with van der Waals surface area (Å²) in [5.41, 5.74) is 0. The molecule has 1 amide bonds. The van der Waals surface area contributed by atoms with Gasteiger partial charge in [-0.15, -0.1) is 0 Å². The molecular weight excluding hydrogens is 895 g/mol. The number of carbonyl (C=O) groups is 2. The number of unbranched alkanes of at least 4 members (excludes halogenated alkanes) is 26. The van der Waals surface area contributed by atoms with Crippen molar-refractivity contribution in [1.29, 1.82) is 0 Å². The third kappa shape index (κ3) is 36.6. The van der Waals surface area contributed by atoms with E-state index in [1.54, 1.807) is 6.08 Å². The highest BCUT2D eigenvalue weighted by Crippen LogP contribution is 2.26. The molecule has 1 aliphatic heterocycles. The van der Waals surface area contributed by atoms with Gasteiger partial charge in [-0.2, -0.15) is 0 Å². The Hall–Kier alpha value is -2.90. The summed E-state index contributed by atoms with van der Waals surface area (Å²) in [6.07, 6.45) is 49.4. The van der Waals surface area contributed by atoms with E-state index in [4.69, 9.17) is 14.2 Å². The zero-order valence-electron chi connectivity index (χ0n) is 45.1.